The molecule has 0 saturated carbocycles. The van der Waals surface area contributed by atoms with E-state index in [1.54, 1.807) is 0 Å². The van der Waals surface area contributed by atoms with Crippen LogP contribution in [0.5, 0.6) is 0 Å². The van der Waals surface area contributed by atoms with Crippen molar-refractivity contribution < 1.29 is 31.4 Å². The van der Waals surface area contributed by atoms with E-state index >= 15 is 0 Å². The second-order valence-electron chi connectivity index (χ2n) is 2.62. The van der Waals surface area contributed by atoms with Gasteiger partial charge in [0.25, 0.3) is 0 Å². The van der Waals surface area contributed by atoms with Crippen molar-refractivity contribution in [3.8, 4) is 0 Å². The Kier molecular flexibility index (Phi) is 1.91. The summed E-state index contributed by atoms with van der Waals surface area (Å²) in [6.45, 7) is 0. The molecular formula is C6H4F6O. The predicted molar refractivity (Wildman–Crippen MR) is 30.0 cm³/mol. The van der Waals surface area contributed by atoms with E-state index in [-0.39, 0.29) is 6.08 Å². The molecule has 0 aromatic heterocycles. The second kappa shape index (κ2) is 2.40. The molecule has 1 N–H and O–H groups in total. The molecule has 0 bridgehead atoms. The molecule has 76 valence electrons. The van der Waals surface area contributed by atoms with E-state index in [4.69, 9.17) is 5.11 Å². The lowest BCUT2D eigenvalue weighted by atomic mass is 9.93. The molecule has 1 rings (SSSR count). The average Bonchev–Trinajstić information content (AvgIpc) is 1.97. The van der Waals surface area contributed by atoms with E-state index < -0.39 is 29.9 Å². The molecule has 0 amide bonds. The van der Waals surface area contributed by atoms with Gasteiger partial charge in [-0.2, -0.15) is 26.3 Å². The highest BCUT2D eigenvalue weighted by molar-refractivity contribution is 5.19. The summed E-state index contributed by atoms with van der Waals surface area (Å²) < 4.78 is 73.7. The molecule has 0 heterocycles. The van der Waals surface area contributed by atoms with Crippen LogP contribution < -0.4 is 0 Å². The first-order chi connectivity index (χ1) is 5.63. The Balaban J connectivity index is 3.22. The van der Waals surface area contributed by atoms with E-state index in [0.717, 1.165) is 0 Å². The molecule has 1 nitrogen and oxygen atoms in total. The van der Waals surface area contributed by atoms with Crippen LogP contribution in [0.2, 0.25) is 0 Å². The summed E-state index contributed by atoms with van der Waals surface area (Å²) in [5.74, 6) is -15.6. The minimum atomic E-state index is -5.56. The van der Waals surface area contributed by atoms with Gasteiger partial charge < -0.3 is 5.11 Å². The van der Waals surface area contributed by atoms with Crippen LogP contribution in [0.1, 0.15) is 0 Å². The van der Waals surface area contributed by atoms with Crippen LogP contribution in [0.4, 0.5) is 26.3 Å². The molecule has 0 aromatic rings. The number of allylic oxidation sites excluding steroid dienone is 1. The zero-order chi connectivity index (χ0) is 10.5. The molecule has 1 atom stereocenters. The van der Waals surface area contributed by atoms with Crippen LogP contribution >= 0.6 is 0 Å². The Labute approximate surface area is 68.7 Å². The maximum absolute atomic E-state index is 12.3. The topological polar surface area (TPSA) is 20.2 Å². The Morgan fingerprint density at radius 2 is 1.46 bits per heavy atom. The van der Waals surface area contributed by atoms with Crippen molar-refractivity contribution in [1.29, 1.82) is 0 Å². The van der Waals surface area contributed by atoms with Crippen molar-refractivity contribution in [3.63, 3.8) is 0 Å². The summed E-state index contributed by atoms with van der Waals surface area (Å²) in [5.41, 5.74) is 0. The van der Waals surface area contributed by atoms with Crippen molar-refractivity contribution in [2.24, 2.45) is 0 Å². The number of halogens is 6. The zero-order valence-electron chi connectivity index (χ0n) is 5.95. The van der Waals surface area contributed by atoms with Crippen molar-refractivity contribution in [3.05, 3.63) is 12.2 Å². The molecule has 1 aliphatic rings. The molecule has 0 aliphatic heterocycles. The number of rotatable bonds is 0. The molecule has 1 unspecified atom stereocenters. The van der Waals surface area contributed by atoms with Gasteiger partial charge in [-0.15, -0.1) is 0 Å². The second-order valence-corrected chi connectivity index (χ2v) is 2.62. The average molecular weight is 206 g/mol. The fraction of sp³-hybridized carbons (Fsp3) is 0.667. The number of hydrogen-bond donors (Lipinski definition) is 1. The lowest BCUT2D eigenvalue weighted by Gasteiger charge is -2.36. The van der Waals surface area contributed by atoms with Gasteiger partial charge in [0, 0.05) is 0 Å². The summed E-state index contributed by atoms with van der Waals surface area (Å²) in [5, 5.41) is 8.35. The van der Waals surface area contributed by atoms with Crippen LogP contribution in [0, 0.1) is 0 Å². The third kappa shape index (κ3) is 1.13. The van der Waals surface area contributed by atoms with E-state index in [1.165, 1.54) is 0 Å². The van der Waals surface area contributed by atoms with Gasteiger partial charge in [0.1, 0.15) is 6.10 Å². The number of alkyl halides is 6. The third-order valence-electron chi connectivity index (χ3n) is 1.70. The fourth-order valence-electron chi connectivity index (χ4n) is 0.845. The van der Waals surface area contributed by atoms with Crippen LogP contribution in [0.25, 0.3) is 0 Å². The molecule has 0 radical (unpaired) electrons. The molecule has 7 heteroatoms. The zero-order valence-corrected chi connectivity index (χ0v) is 5.95. The van der Waals surface area contributed by atoms with Crippen LogP contribution in [0.3, 0.4) is 0 Å². The van der Waals surface area contributed by atoms with Gasteiger partial charge in [-0.1, -0.05) is 0 Å². The normalized spacial score (nSPS) is 34.5. The Morgan fingerprint density at radius 1 is 1.00 bits per heavy atom. The van der Waals surface area contributed by atoms with Gasteiger partial charge in [0.15, 0.2) is 0 Å². The first-order valence-electron chi connectivity index (χ1n) is 3.14. The maximum Gasteiger partial charge on any atom is 0.378 e. The van der Waals surface area contributed by atoms with E-state index in [9.17, 15) is 26.3 Å². The van der Waals surface area contributed by atoms with Crippen molar-refractivity contribution in [2.75, 3.05) is 0 Å². The SMILES string of the molecule is OC1C=CC(F)(F)C(F)(F)C1(F)F. The highest BCUT2D eigenvalue weighted by Gasteiger charge is 2.74. The molecule has 0 aromatic carbocycles. The summed E-state index contributed by atoms with van der Waals surface area (Å²) >= 11 is 0. The highest BCUT2D eigenvalue weighted by Crippen LogP contribution is 2.50. The molecule has 0 fully saturated rings. The van der Waals surface area contributed by atoms with Crippen molar-refractivity contribution >= 4 is 0 Å². The predicted octanol–water partition coefficient (Wildman–Crippen LogP) is 1.82. The molecule has 1 aliphatic carbocycles. The van der Waals surface area contributed by atoms with E-state index in [1.807, 2.05) is 0 Å². The number of aliphatic hydroxyl groups excluding tert-OH is 1. The minimum Gasteiger partial charge on any atom is -0.382 e. The van der Waals surface area contributed by atoms with Crippen LogP contribution in [0.15, 0.2) is 12.2 Å². The lowest BCUT2D eigenvalue weighted by Crippen LogP contribution is -2.60. The fourth-order valence-corrected chi connectivity index (χ4v) is 0.845. The standard InChI is InChI=1S/C6H4F6O/c7-4(8)2-1-3(13)5(9,10)6(4,11)12/h1-3,13H. The summed E-state index contributed by atoms with van der Waals surface area (Å²) in [6.07, 6.45) is -3.35. The highest BCUT2D eigenvalue weighted by atomic mass is 19.3. The third-order valence-corrected chi connectivity index (χ3v) is 1.70. The number of aliphatic hydroxyl groups is 1. The maximum atomic E-state index is 12.3. The van der Waals surface area contributed by atoms with Crippen LogP contribution in [-0.4, -0.2) is 29.0 Å². The van der Waals surface area contributed by atoms with Gasteiger partial charge in [-0.05, 0) is 12.2 Å². The lowest BCUT2D eigenvalue weighted by molar-refractivity contribution is -0.318. The van der Waals surface area contributed by atoms with E-state index in [2.05, 4.69) is 0 Å². The van der Waals surface area contributed by atoms with Gasteiger partial charge >= 0.3 is 17.8 Å². The van der Waals surface area contributed by atoms with Gasteiger partial charge in [-0.3, -0.25) is 0 Å². The molecule has 0 saturated heterocycles. The Bertz CT molecular complexity index is 246. The van der Waals surface area contributed by atoms with Crippen molar-refractivity contribution in [2.45, 2.75) is 23.9 Å². The largest absolute Gasteiger partial charge is 0.382 e. The minimum absolute atomic E-state index is 0.0442. The summed E-state index contributed by atoms with van der Waals surface area (Å²) in [6, 6.07) is 0. The summed E-state index contributed by atoms with van der Waals surface area (Å²) in [7, 11) is 0. The first kappa shape index (κ1) is 10.4. The van der Waals surface area contributed by atoms with E-state index in [0.29, 0.717) is 0 Å². The van der Waals surface area contributed by atoms with Gasteiger partial charge in [-0.25, -0.2) is 0 Å². The first-order valence-corrected chi connectivity index (χ1v) is 3.14. The molecule has 13 heavy (non-hydrogen) atoms. The Hall–Kier alpha value is -0.720. The van der Waals surface area contributed by atoms with Gasteiger partial charge in [0.2, 0.25) is 0 Å². The molecular weight excluding hydrogens is 202 g/mol. The quantitative estimate of drug-likeness (QED) is 0.473. The van der Waals surface area contributed by atoms with Crippen LogP contribution in [-0.2, 0) is 0 Å². The van der Waals surface area contributed by atoms with Crippen molar-refractivity contribution in [1.82, 2.24) is 0 Å². The number of hydrogen-bond acceptors (Lipinski definition) is 1. The smallest absolute Gasteiger partial charge is 0.378 e. The molecule has 0 spiro atoms. The Morgan fingerprint density at radius 3 is 1.85 bits per heavy atom. The monoisotopic (exact) mass is 206 g/mol. The van der Waals surface area contributed by atoms with Gasteiger partial charge in [0.05, 0.1) is 0 Å². The summed E-state index contributed by atoms with van der Waals surface area (Å²) in [4.78, 5) is 0.